The molecule has 0 saturated carbocycles. The van der Waals surface area contributed by atoms with Crippen LogP contribution in [0.1, 0.15) is 16.1 Å². The van der Waals surface area contributed by atoms with Gasteiger partial charge in [-0.15, -0.1) is 0 Å². The Hall–Kier alpha value is -1.89. The molecule has 0 fully saturated rings. The van der Waals surface area contributed by atoms with Crippen LogP contribution in [-0.4, -0.2) is 15.9 Å². The lowest BCUT2D eigenvalue weighted by atomic mass is 10.0. The molecular formula is C12H11Cl2N5O. The quantitative estimate of drug-likeness (QED) is 0.446. The number of amides is 1. The van der Waals surface area contributed by atoms with Crippen LogP contribution in [0, 0.1) is 6.92 Å². The lowest BCUT2D eigenvalue weighted by Gasteiger charge is -2.11. The molecule has 0 bridgehead atoms. The summed E-state index contributed by atoms with van der Waals surface area (Å²) in [7, 11) is 0. The number of nitrogen functional groups attached to an aromatic ring is 2. The van der Waals surface area contributed by atoms with Gasteiger partial charge in [0.2, 0.25) is 5.95 Å². The first kappa shape index (κ1) is 14.5. The summed E-state index contributed by atoms with van der Waals surface area (Å²) in [5.74, 6) is 4.70. The molecule has 8 heteroatoms. The Morgan fingerprint density at radius 2 is 1.80 bits per heavy atom. The Bertz CT molecular complexity index is 670. The minimum absolute atomic E-state index is 0.0437. The average molecular weight is 312 g/mol. The molecule has 1 heterocycles. The first-order valence-corrected chi connectivity index (χ1v) is 6.29. The Morgan fingerprint density at radius 1 is 1.20 bits per heavy atom. The zero-order valence-corrected chi connectivity index (χ0v) is 12.0. The molecular weight excluding hydrogens is 301 g/mol. The topological polar surface area (TPSA) is 107 Å². The minimum atomic E-state index is -0.520. The van der Waals surface area contributed by atoms with Gasteiger partial charge < -0.3 is 5.73 Å². The molecule has 5 N–H and O–H groups in total. The second-order valence-corrected chi connectivity index (χ2v) is 4.90. The summed E-state index contributed by atoms with van der Waals surface area (Å²) in [5, 5.41) is 0.836. The second-order valence-electron chi connectivity index (χ2n) is 4.02. The van der Waals surface area contributed by atoms with Gasteiger partial charge in [-0.3, -0.25) is 10.2 Å². The number of hydrogen-bond donors (Lipinski definition) is 3. The highest BCUT2D eigenvalue weighted by molar-refractivity contribution is 6.35. The van der Waals surface area contributed by atoms with Crippen molar-refractivity contribution >= 4 is 35.1 Å². The molecule has 0 saturated heterocycles. The SMILES string of the molecule is Cc1nc(N)nc(-c2cc(Cl)cc(Cl)c2)c1C(=O)NN. The maximum atomic E-state index is 11.9. The predicted molar refractivity (Wildman–Crippen MR) is 78.3 cm³/mol. The molecule has 104 valence electrons. The highest BCUT2D eigenvalue weighted by Gasteiger charge is 2.19. The van der Waals surface area contributed by atoms with Crippen molar-refractivity contribution in [2.75, 3.05) is 5.73 Å². The van der Waals surface area contributed by atoms with Crippen molar-refractivity contribution in [2.45, 2.75) is 6.92 Å². The summed E-state index contributed by atoms with van der Waals surface area (Å²) in [6.45, 7) is 1.64. The monoisotopic (exact) mass is 311 g/mol. The zero-order chi connectivity index (χ0) is 14.9. The third-order valence-corrected chi connectivity index (χ3v) is 3.04. The van der Waals surface area contributed by atoms with E-state index >= 15 is 0 Å². The number of halogens is 2. The molecule has 2 aromatic rings. The minimum Gasteiger partial charge on any atom is -0.368 e. The number of nitrogens with two attached hydrogens (primary N) is 2. The number of aryl methyl sites for hydroxylation is 1. The van der Waals surface area contributed by atoms with Crippen LogP contribution in [0.3, 0.4) is 0 Å². The van der Waals surface area contributed by atoms with Crippen molar-refractivity contribution < 1.29 is 4.79 Å². The smallest absolute Gasteiger partial charge is 0.269 e. The third-order valence-electron chi connectivity index (χ3n) is 2.60. The highest BCUT2D eigenvalue weighted by atomic mass is 35.5. The molecule has 2 rings (SSSR count). The summed E-state index contributed by atoms with van der Waals surface area (Å²) in [5.41, 5.74) is 9.19. The van der Waals surface area contributed by atoms with Crippen molar-refractivity contribution in [1.82, 2.24) is 15.4 Å². The number of anilines is 1. The molecule has 0 aliphatic rings. The van der Waals surface area contributed by atoms with Gasteiger partial charge in [0.1, 0.15) is 0 Å². The summed E-state index contributed by atoms with van der Waals surface area (Å²) in [6, 6.07) is 4.83. The van der Waals surface area contributed by atoms with Gasteiger partial charge in [-0.25, -0.2) is 15.8 Å². The summed E-state index contributed by atoms with van der Waals surface area (Å²) < 4.78 is 0. The van der Waals surface area contributed by atoms with E-state index in [9.17, 15) is 4.79 Å². The van der Waals surface area contributed by atoms with Gasteiger partial charge in [0.25, 0.3) is 5.91 Å². The maximum Gasteiger partial charge on any atom is 0.269 e. The van der Waals surface area contributed by atoms with Crippen LogP contribution in [0.25, 0.3) is 11.3 Å². The second kappa shape index (κ2) is 5.62. The number of hydrogen-bond acceptors (Lipinski definition) is 5. The fraction of sp³-hybridized carbons (Fsp3) is 0.0833. The van der Waals surface area contributed by atoms with Gasteiger partial charge >= 0.3 is 0 Å². The molecule has 0 aliphatic carbocycles. The number of nitrogens with zero attached hydrogens (tertiary/aromatic N) is 2. The standard InChI is InChI=1S/C12H11Cl2N5O/c1-5-9(11(20)19-16)10(18-12(15)17-5)6-2-7(13)4-8(14)3-6/h2-4H,16H2,1H3,(H,19,20)(H2,15,17,18). The summed E-state index contributed by atoms with van der Waals surface area (Å²) in [6.07, 6.45) is 0. The zero-order valence-electron chi connectivity index (χ0n) is 10.4. The van der Waals surface area contributed by atoms with Gasteiger partial charge in [0.15, 0.2) is 0 Å². The van der Waals surface area contributed by atoms with Crippen LogP contribution < -0.4 is 17.0 Å². The Balaban J connectivity index is 2.74. The molecule has 0 spiro atoms. The summed E-state index contributed by atoms with van der Waals surface area (Å²) >= 11 is 11.9. The number of nitrogens with one attached hydrogen (secondary N) is 1. The van der Waals surface area contributed by atoms with E-state index in [4.69, 9.17) is 34.8 Å². The first-order valence-electron chi connectivity index (χ1n) is 5.54. The molecule has 0 radical (unpaired) electrons. The van der Waals surface area contributed by atoms with Gasteiger partial charge in [-0.2, -0.15) is 0 Å². The molecule has 0 atom stereocenters. The number of aromatic nitrogens is 2. The highest BCUT2D eigenvalue weighted by Crippen LogP contribution is 2.29. The number of benzene rings is 1. The van der Waals surface area contributed by atoms with E-state index < -0.39 is 5.91 Å². The van der Waals surface area contributed by atoms with E-state index in [-0.39, 0.29) is 11.5 Å². The van der Waals surface area contributed by atoms with Crippen molar-refractivity contribution in [3.8, 4) is 11.3 Å². The molecule has 1 aromatic heterocycles. The van der Waals surface area contributed by atoms with Crippen LogP contribution in [0.2, 0.25) is 10.0 Å². The number of carbonyl (C=O) groups is 1. The third kappa shape index (κ3) is 2.82. The number of rotatable bonds is 2. The lowest BCUT2D eigenvalue weighted by molar-refractivity contribution is 0.0953. The van der Waals surface area contributed by atoms with E-state index in [0.29, 0.717) is 27.0 Å². The predicted octanol–water partition coefficient (Wildman–Crippen LogP) is 1.94. The van der Waals surface area contributed by atoms with E-state index in [1.807, 2.05) is 0 Å². The van der Waals surface area contributed by atoms with Gasteiger partial charge in [-0.05, 0) is 25.1 Å². The fourth-order valence-electron chi connectivity index (χ4n) is 1.84. The van der Waals surface area contributed by atoms with Crippen LogP contribution in [0.4, 0.5) is 5.95 Å². The van der Waals surface area contributed by atoms with Crippen molar-refractivity contribution in [1.29, 1.82) is 0 Å². The van der Waals surface area contributed by atoms with Gasteiger partial charge in [0, 0.05) is 15.6 Å². The Morgan fingerprint density at radius 3 is 2.35 bits per heavy atom. The largest absolute Gasteiger partial charge is 0.368 e. The van der Waals surface area contributed by atoms with Crippen LogP contribution in [0.15, 0.2) is 18.2 Å². The van der Waals surface area contributed by atoms with E-state index in [1.54, 1.807) is 25.1 Å². The van der Waals surface area contributed by atoms with E-state index in [1.165, 1.54) is 0 Å². The first-order chi connectivity index (χ1) is 9.42. The van der Waals surface area contributed by atoms with Crippen molar-refractivity contribution in [3.63, 3.8) is 0 Å². The number of carbonyl (C=O) groups excluding carboxylic acids is 1. The number of hydrazine groups is 1. The fourth-order valence-corrected chi connectivity index (χ4v) is 2.36. The molecule has 0 aliphatic heterocycles. The van der Waals surface area contributed by atoms with Crippen LogP contribution >= 0.6 is 23.2 Å². The normalized spacial score (nSPS) is 10.4. The lowest BCUT2D eigenvalue weighted by Crippen LogP contribution is -2.31. The molecule has 20 heavy (non-hydrogen) atoms. The van der Waals surface area contributed by atoms with Crippen LogP contribution in [0.5, 0.6) is 0 Å². The van der Waals surface area contributed by atoms with Gasteiger partial charge in [-0.1, -0.05) is 23.2 Å². The average Bonchev–Trinajstić information content (AvgIpc) is 2.35. The van der Waals surface area contributed by atoms with Crippen LogP contribution in [-0.2, 0) is 0 Å². The molecule has 0 unspecified atom stereocenters. The molecule has 1 aromatic carbocycles. The molecule has 1 amide bonds. The van der Waals surface area contributed by atoms with E-state index in [2.05, 4.69) is 15.4 Å². The Labute approximate surface area is 125 Å². The van der Waals surface area contributed by atoms with Crippen molar-refractivity contribution in [2.24, 2.45) is 5.84 Å². The van der Waals surface area contributed by atoms with Crippen molar-refractivity contribution in [3.05, 3.63) is 39.5 Å². The molecule has 6 nitrogen and oxygen atoms in total. The van der Waals surface area contributed by atoms with Gasteiger partial charge in [0.05, 0.1) is 17.0 Å². The summed E-state index contributed by atoms with van der Waals surface area (Å²) in [4.78, 5) is 19.9. The Kier molecular flexibility index (Phi) is 4.08. The van der Waals surface area contributed by atoms with E-state index in [0.717, 1.165) is 0 Å². The maximum absolute atomic E-state index is 11.9.